The van der Waals surface area contributed by atoms with Crippen molar-refractivity contribution in [3.63, 3.8) is 0 Å². The molecule has 0 spiro atoms. The summed E-state index contributed by atoms with van der Waals surface area (Å²) in [5.41, 5.74) is 5.71. The van der Waals surface area contributed by atoms with E-state index in [0.29, 0.717) is 17.3 Å². The minimum atomic E-state index is -3.82. The number of methoxy groups -OCH3 is 1. The van der Waals surface area contributed by atoms with E-state index in [2.05, 4.69) is 69.0 Å². The Bertz CT molecular complexity index is 2030. The number of piperazine rings is 1. The summed E-state index contributed by atoms with van der Waals surface area (Å²) in [6.07, 6.45) is 6.74. The van der Waals surface area contributed by atoms with Crippen LogP contribution in [0, 0.1) is 6.92 Å². The van der Waals surface area contributed by atoms with Crippen LogP contribution >= 0.6 is 23.1 Å². The van der Waals surface area contributed by atoms with E-state index in [9.17, 15) is 8.42 Å². The molecule has 2 N–H and O–H groups in total. The normalized spacial score (nSPS) is 13.8. The van der Waals surface area contributed by atoms with Gasteiger partial charge in [-0.25, -0.2) is 23.4 Å². The van der Waals surface area contributed by atoms with E-state index >= 15 is 0 Å². The van der Waals surface area contributed by atoms with Crippen molar-refractivity contribution in [3.8, 4) is 27.6 Å². The van der Waals surface area contributed by atoms with E-state index < -0.39 is 10.0 Å². The predicted molar refractivity (Wildman–Crippen MR) is 206 cm³/mol. The molecule has 1 aliphatic heterocycles. The predicted octanol–water partition coefficient (Wildman–Crippen LogP) is 7.13. The molecule has 11 nitrogen and oxygen atoms in total. The zero-order chi connectivity index (χ0) is 35.3. The lowest BCUT2D eigenvalue weighted by atomic mass is 10.1. The number of pyridine rings is 1. The molecule has 262 valence electrons. The zero-order valence-corrected chi connectivity index (χ0v) is 31.3. The molecule has 0 aliphatic carbocycles. The molecule has 0 amide bonds. The molecule has 1 aliphatic rings. The van der Waals surface area contributed by atoms with E-state index in [0.717, 1.165) is 76.6 Å². The standard InChI is InChI=1S/C36H42N8O3S3/c1-24(2)35-41-33(26-8-6-9-27(21-26)42-50(45,46)28-10-7-12-37-23-28)34(49-35)29-11-13-38-36(39-29)40-30-20-25(3)31(22-32(30)47-4)44-16-14-43(15-17-44)18-19-48-5/h6-13,20-24,42H,14-19H2,1-5H3,(H,38,39,40). The molecular weight excluding hydrogens is 689 g/mol. The van der Waals surface area contributed by atoms with Crippen molar-refractivity contribution in [3.05, 3.63) is 83.8 Å². The molecule has 0 bridgehead atoms. The van der Waals surface area contributed by atoms with Gasteiger partial charge in [0.1, 0.15) is 10.6 Å². The van der Waals surface area contributed by atoms with Crippen LogP contribution in [0.1, 0.15) is 30.3 Å². The summed E-state index contributed by atoms with van der Waals surface area (Å²) >= 11 is 3.46. The van der Waals surface area contributed by atoms with Gasteiger partial charge in [0.15, 0.2) is 0 Å². The fourth-order valence-corrected chi connectivity index (χ4v) is 8.30. The Hall–Kier alpha value is -4.24. The van der Waals surface area contributed by atoms with Gasteiger partial charge in [-0.15, -0.1) is 11.3 Å². The molecule has 1 fully saturated rings. The monoisotopic (exact) mass is 730 g/mol. The lowest BCUT2D eigenvalue weighted by Crippen LogP contribution is -2.47. The number of nitrogens with zero attached hydrogens (tertiary/aromatic N) is 6. The van der Waals surface area contributed by atoms with Crippen LogP contribution in [-0.4, -0.2) is 85.1 Å². The summed E-state index contributed by atoms with van der Waals surface area (Å²) in [6, 6.07) is 16.4. The Labute approximate surface area is 302 Å². The molecule has 0 atom stereocenters. The van der Waals surface area contributed by atoms with Gasteiger partial charge in [0.25, 0.3) is 10.0 Å². The summed E-state index contributed by atoms with van der Waals surface area (Å²) in [4.78, 5) is 24.3. The van der Waals surface area contributed by atoms with Crippen molar-refractivity contribution in [2.45, 2.75) is 31.6 Å². The fourth-order valence-electron chi connectivity index (χ4n) is 5.79. The summed E-state index contributed by atoms with van der Waals surface area (Å²) in [5.74, 6) is 2.49. The highest BCUT2D eigenvalue weighted by molar-refractivity contribution is 7.98. The van der Waals surface area contributed by atoms with Crippen LogP contribution in [0.2, 0.25) is 0 Å². The van der Waals surface area contributed by atoms with Crippen LogP contribution in [0.25, 0.3) is 21.8 Å². The third-order valence-electron chi connectivity index (χ3n) is 8.45. The van der Waals surface area contributed by atoms with Crippen molar-refractivity contribution in [2.75, 3.05) is 66.8 Å². The number of ether oxygens (including phenoxy) is 1. The zero-order valence-electron chi connectivity index (χ0n) is 28.9. The first kappa shape index (κ1) is 35.6. The number of nitrogens with one attached hydrogen (secondary N) is 2. The molecule has 50 heavy (non-hydrogen) atoms. The number of rotatable bonds is 13. The van der Waals surface area contributed by atoms with Gasteiger partial charge >= 0.3 is 0 Å². The second-order valence-electron chi connectivity index (χ2n) is 12.3. The lowest BCUT2D eigenvalue weighted by molar-refractivity contribution is 0.273. The molecule has 6 rings (SSSR count). The van der Waals surface area contributed by atoms with E-state index in [1.54, 1.807) is 42.8 Å². The molecule has 1 saturated heterocycles. The van der Waals surface area contributed by atoms with Gasteiger partial charge in [-0.05, 0) is 55.1 Å². The Balaban J connectivity index is 1.26. The van der Waals surface area contributed by atoms with Gasteiger partial charge in [0.2, 0.25) is 5.95 Å². The van der Waals surface area contributed by atoms with Crippen molar-refractivity contribution < 1.29 is 13.2 Å². The van der Waals surface area contributed by atoms with Crippen LogP contribution < -0.4 is 19.7 Å². The SMILES string of the molecule is COc1cc(N2CCN(CCSC)CC2)c(C)cc1Nc1nccc(-c2sc(C(C)C)nc2-c2cccc(NS(=O)(=O)c3cccnc3)c2)n1. The summed E-state index contributed by atoms with van der Waals surface area (Å²) in [5, 5.41) is 4.35. The van der Waals surface area contributed by atoms with Crippen molar-refractivity contribution >= 4 is 56.1 Å². The largest absolute Gasteiger partial charge is 0.494 e. The molecule has 4 heterocycles. The fraction of sp³-hybridized carbons (Fsp3) is 0.333. The van der Waals surface area contributed by atoms with Crippen LogP contribution in [0.4, 0.5) is 23.0 Å². The number of hydrogen-bond donors (Lipinski definition) is 2. The summed E-state index contributed by atoms with van der Waals surface area (Å²) in [6.45, 7) is 11.5. The molecule has 14 heteroatoms. The number of thioether (sulfide) groups is 1. The first-order valence-corrected chi connectivity index (χ1v) is 20.1. The molecule has 0 radical (unpaired) electrons. The number of benzene rings is 2. The number of thiazole rings is 1. The third kappa shape index (κ3) is 8.20. The third-order valence-corrected chi connectivity index (χ3v) is 11.8. The highest BCUT2D eigenvalue weighted by Crippen LogP contribution is 2.40. The van der Waals surface area contributed by atoms with E-state index in [-0.39, 0.29) is 10.8 Å². The van der Waals surface area contributed by atoms with Gasteiger partial charge in [-0.3, -0.25) is 14.6 Å². The summed E-state index contributed by atoms with van der Waals surface area (Å²) in [7, 11) is -2.14. The Morgan fingerprint density at radius 1 is 1.02 bits per heavy atom. The number of aromatic nitrogens is 4. The maximum atomic E-state index is 13.0. The van der Waals surface area contributed by atoms with Crippen LogP contribution in [-0.2, 0) is 10.0 Å². The van der Waals surface area contributed by atoms with Crippen molar-refractivity contribution in [1.29, 1.82) is 0 Å². The first-order valence-electron chi connectivity index (χ1n) is 16.4. The molecular formula is C36H42N8O3S3. The molecule has 0 saturated carbocycles. The van der Waals surface area contributed by atoms with Crippen LogP contribution in [0.15, 0.2) is 78.1 Å². The number of hydrogen-bond acceptors (Lipinski definition) is 12. The van der Waals surface area contributed by atoms with E-state index in [1.807, 2.05) is 30.0 Å². The van der Waals surface area contributed by atoms with Gasteiger partial charge in [-0.1, -0.05) is 26.0 Å². The maximum Gasteiger partial charge on any atom is 0.263 e. The molecule has 0 unspecified atom stereocenters. The highest BCUT2D eigenvalue weighted by Gasteiger charge is 2.22. The highest BCUT2D eigenvalue weighted by atomic mass is 32.2. The average molecular weight is 731 g/mol. The number of aryl methyl sites for hydroxylation is 1. The number of sulfonamides is 1. The quantitative estimate of drug-likeness (QED) is 0.129. The molecule has 2 aromatic carbocycles. The van der Waals surface area contributed by atoms with Crippen molar-refractivity contribution in [2.24, 2.45) is 0 Å². The Kier molecular flexibility index (Phi) is 11.2. The van der Waals surface area contributed by atoms with Crippen LogP contribution in [0.5, 0.6) is 5.75 Å². The minimum Gasteiger partial charge on any atom is -0.494 e. The van der Waals surface area contributed by atoms with Crippen molar-refractivity contribution in [1.82, 2.24) is 24.8 Å². The Morgan fingerprint density at radius 3 is 2.56 bits per heavy atom. The second-order valence-corrected chi connectivity index (χ2v) is 16.0. The first-order chi connectivity index (χ1) is 24.1. The van der Waals surface area contributed by atoms with E-state index in [1.165, 1.54) is 24.1 Å². The topological polar surface area (TPSA) is 125 Å². The van der Waals surface area contributed by atoms with Gasteiger partial charge in [0.05, 0.1) is 34.1 Å². The van der Waals surface area contributed by atoms with Crippen LogP contribution in [0.3, 0.4) is 0 Å². The average Bonchev–Trinajstić information content (AvgIpc) is 3.58. The lowest BCUT2D eigenvalue weighted by Gasteiger charge is -2.37. The number of anilines is 4. The van der Waals surface area contributed by atoms with Gasteiger partial charge in [0, 0.05) is 86.0 Å². The van der Waals surface area contributed by atoms with Gasteiger partial charge in [-0.2, -0.15) is 11.8 Å². The van der Waals surface area contributed by atoms with Gasteiger partial charge < -0.3 is 15.0 Å². The Morgan fingerprint density at radius 2 is 1.84 bits per heavy atom. The minimum absolute atomic E-state index is 0.0873. The molecule has 5 aromatic rings. The smallest absolute Gasteiger partial charge is 0.263 e. The summed E-state index contributed by atoms with van der Waals surface area (Å²) < 4.78 is 34.6. The second kappa shape index (κ2) is 15.8. The molecule has 3 aromatic heterocycles. The maximum absolute atomic E-state index is 13.0. The van der Waals surface area contributed by atoms with E-state index in [4.69, 9.17) is 14.7 Å².